The minimum atomic E-state index is -1.36. The van der Waals surface area contributed by atoms with Crippen molar-refractivity contribution in [3.63, 3.8) is 0 Å². The summed E-state index contributed by atoms with van der Waals surface area (Å²) in [5, 5.41) is 0. The van der Waals surface area contributed by atoms with Gasteiger partial charge in [0.2, 0.25) is 0 Å². The number of esters is 3. The Hall–Kier alpha value is -5.52. The third-order valence-electron chi connectivity index (χ3n) is 11.5. The van der Waals surface area contributed by atoms with Gasteiger partial charge in [0.25, 0.3) is 17.7 Å². The average Bonchev–Trinajstić information content (AvgIpc) is 3.25. The van der Waals surface area contributed by atoms with Gasteiger partial charge in [-0.1, -0.05) is 133 Å². The molecule has 4 rings (SSSR count). The first kappa shape index (κ1) is 46.2. The Balaban J connectivity index is 1.91. The number of carbonyl (C=O) groups is 6. The summed E-state index contributed by atoms with van der Waals surface area (Å²) in [6.45, 7) is 10.7. The van der Waals surface area contributed by atoms with Crippen LogP contribution in [0.15, 0.2) is 91.0 Å². The smallest absolute Gasteiger partial charge is 0.329 e. The highest BCUT2D eigenvalue weighted by atomic mass is 16.6. The van der Waals surface area contributed by atoms with E-state index in [2.05, 4.69) is 0 Å². The maximum absolute atomic E-state index is 14.7. The second-order valence-corrected chi connectivity index (χ2v) is 16.1. The number of ether oxygens (including phenoxy) is 3. The molecule has 1 aliphatic rings. The molecule has 3 aromatic rings. The third kappa shape index (κ3) is 11.8. The molecule has 0 radical (unpaired) electrons. The summed E-state index contributed by atoms with van der Waals surface area (Å²) in [7, 11) is 4.36. The topological polar surface area (TPSA) is 140 Å². The zero-order valence-electron chi connectivity index (χ0n) is 35.9. The van der Waals surface area contributed by atoms with E-state index in [1.54, 1.807) is 27.7 Å². The zero-order valence-corrected chi connectivity index (χ0v) is 35.9. The fourth-order valence-electron chi connectivity index (χ4n) is 7.04. The Labute approximate surface area is 349 Å². The molecule has 59 heavy (non-hydrogen) atoms. The van der Waals surface area contributed by atoms with Gasteiger partial charge in [0.05, 0.1) is 0 Å². The normalized spacial score (nSPS) is 24.2. The van der Waals surface area contributed by atoms with Crippen LogP contribution in [0.2, 0.25) is 0 Å². The van der Waals surface area contributed by atoms with Crippen LogP contribution in [-0.2, 0) is 62.2 Å². The van der Waals surface area contributed by atoms with Gasteiger partial charge >= 0.3 is 17.9 Å². The lowest BCUT2D eigenvalue weighted by molar-refractivity contribution is -0.180. The van der Waals surface area contributed by atoms with E-state index in [9.17, 15) is 28.8 Å². The lowest BCUT2D eigenvalue weighted by Crippen LogP contribution is -2.57. The molecular formula is C47H61N3O9. The van der Waals surface area contributed by atoms with E-state index >= 15 is 0 Å². The summed E-state index contributed by atoms with van der Waals surface area (Å²) in [4.78, 5) is 90.9. The Kier molecular flexibility index (Phi) is 16.8. The van der Waals surface area contributed by atoms with Gasteiger partial charge < -0.3 is 28.9 Å². The highest BCUT2D eigenvalue weighted by Gasteiger charge is 2.44. The number of hydrogen-bond acceptors (Lipinski definition) is 9. The summed E-state index contributed by atoms with van der Waals surface area (Å²) < 4.78 is 18.3. The monoisotopic (exact) mass is 811 g/mol. The van der Waals surface area contributed by atoms with E-state index in [1.807, 2.05) is 105 Å². The predicted molar refractivity (Wildman–Crippen MR) is 223 cm³/mol. The number of likely N-dealkylation sites (N-methyl/N-ethyl adjacent to an activating group) is 3. The highest BCUT2D eigenvalue weighted by Crippen LogP contribution is 2.25. The van der Waals surface area contributed by atoms with E-state index in [0.29, 0.717) is 12.8 Å². The Morgan fingerprint density at radius 3 is 0.949 bits per heavy atom. The molecule has 0 unspecified atom stereocenters. The third-order valence-corrected chi connectivity index (χ3v) is 11.5. The van der Waals surface area contributed by atoms with Gasteiger partial charge in [0.1, 0.15) is 18.1 Å². The standard InChI is InChI=1S/C47H61N3O9/c1-10-31(5)40-43(52)49(8)36(27-33-21-15-12-16-22-33)45(54)57-39(30(3)4)42(51)48(7)37(28-34-23-17-13-18-24-34)46(55)58-41(32(6)11-2)44(53)50(9)38(47(56)59-40)29-35-25-19-14-20-26-35/h12-26,30-32,36-41H,10-11,27-29H2,1-9H3/t31-,32-,36+,37+,38+,39-,40-,41-/m1/s1. The SMILES string of the molecule is CC[C@@H](C)[C@H]1OC(=O)[C@H](Cc2ccccc2)N(C)C(=O)[C@@H](C(C)C)OC(=O)[C@H](Cc2ccccc2)N(C)C(=O)[C@@H]([C@H](C)CC)OC(=O)[C@H](Cc2ccccc2)N(C)C1=O. The van der Waals surface area contributed by atoms with Crippen molar-refractivity contribution < 1.29 is 43.0 Å². The molecule has 0 aromatic heterocycles. The van der Waals surface area contributed by atoms with Crippen LogP contribution < -0.4 is 0 Å². The summed E-state index contributed by atoms with van der Waals surface area (Å²) in [5.74, 6) is -5.99. The van der Waals surface area contributed by atoms with Crippen LogP contribution in [0.1, 0.15) is 71.1 Å². The Morgan fingerprint density at radius 2 is 0.695 bits per heavy atom. The van der Waals surface area contributed by atoms with Crippen LogP contribution in [-0.4, -0.2) is 108 Å². The van der Waals surface area contributed by atoms with Gasteiger partial charge in [0, 0.05) is 52.2 Å². The van der Waals surface area contributed by atoms with Crippen molar-refractivity contribution in [3.05, 3.63) is 108 Å². The molecule has 8 atom stereocenters. The molecule has 318 valence electrons. The molecule has 0 bridgehead atoms. The van der Waals surface area contributed by atoms with Crippen LogP contribution in [0.3, 0.4) is 0 Å². The molecule has 12 nitrogen and oxygen atoms in total. The molecule has 1 aliphatic heterocycles. The first-order chi connectivity index (χ1) is 28.1. The van der Waals surface area contributed by atoms with Crippen LogP contribution in [0, 0.1) is 17.8 Å². The summed E-state index contributed by atoms with van der Waals surface area (Å²) in [5.41, 5.74) is 2.18. The van der Waals surface area contributed by atoms with Crippen molar-refractivity contribution in [1.29, 1.82) is 0 Å². The van der Waals surface area contributed by atoms with Gasteiger partial charge in [-0.25, -0.2) is 14.4 Å². The van der Waals surface area contributed by atoms with Gasteiger partial charge in [0.15, 0.2) is 18.3 Å². The van der Waals surface area contributed by atoms with Gasteiger partial charge in [-0.05, 0) is 35.4 Å². The molecule has 0 aliphatic carbocycles. The van der Waals surface area contributed by atoms with Crippen molar-refractivity contribution in [3.8, 4) is 0 Å². The lowest BCUT2D eigenvalue weighted by Gasteiger charge is -2.37. The average molecular weight is 812 g/mol. The summed E-state index contributed by atoms with van der Waals surface area (Å²) in [6.07, 6.45) is -3.07. The molecule has 0 saturated carbocycles. The molecule has 3 amide bonds. The molecule has 1 heterocycles. The minimum absolute atomic E-state index is 0.0335. The molecule has 0 N–H and O–H groups in total. The quantitative estimate of drug-likeness (QED) is 0.177. The number of nitrogens with zero attached hydrogens (tertiary/aromatic N) is 3. The van der Waals surface area contributed by atoms with Crippen LogP contribution in [0.25, 0.3) is 0 Å². The summed E-state index contributed by atoms with van der Waals surface area (Å²) in [6, 6.07) is 23.6. The molecule has 1 saturated heterocycles. The van der Waals surface area contributed by atoms with Crippen molar-refractivity contribution in [2.45, 2.75) is 110 Å². The minimum Gasteiger partial charge on any atom is -0.450 e. The van der Waals surface area contributed by atoms with Crippen LogP contribution in [0.4, 0.5) is 0 Å². The van der Waals surface area contributed by atoms with Crippen molar-refractivity contribution >= 4 is 35.6 Å². The molecule has 1 fully saturated rings. The van der Waals surface area contributed by atoms with E-state index in [4.69, 9.17) is 14.2 Å². The van der Waals surface area contributed by atoms with Crippen molar-refractivity contribution in [2.24, 2.45) is 17.8 Å². The number of rotatable bonds is 11. The number of cyclic esters (lactones) is 3. The van der Waals surface area contributed by atoms with Gasteiger partial charge in [-0.3, -0.25) is 14.4 Å². The van der Waals surface area contributed by atoms with E-state index in [1.165, 1.54) is 35.8 Å². The molecule has 3 aromatic carbocycles. The van der Waals surface area contributed by atoms with Crippen molar-refractivity contribution in [1.82, 2.24) is 14.7 Å². The van der Waals surface area contributed by atoms with E-state index in [-0.39, 0.29) is 19.3 Å². The second kappa shape index (κ2) is 21.5. The maximum atomic E-state index is 14.7. The molecule has 12 heteroatoms. The lowest BCUT2D eigenvalue weighted by atomic mass is 9.97. The Bertz CT molecular complexity index is 1830. The predicted octanol–water partition coefficient (Wildman–Crippen LogP) is 5.69. The zero-order chi connectivity index (χ0) is 43.4. The number of carbonyl (C=O) groups excluding carboxylic acids is 6. The highest BCUT2D eigenvalue weighted by molar-refractivity contribution is 5.94. The maximum Gasteiger partial charge on any atom is 0.329 e. The number of hydrogen-bond donors (Lipinski definition) is 0. The first-order valence-corrected chi connectivity index (χ1v) is 20.6. The van der Waals surface area contributed by atoms with E-state index in [0.717, 1.165) is 16.7 Å². The van der Waals surface area contributed by atoms with Crippen molar-refractivity contribution in [2.75, 3.05) is 21.1 Å². The van der Waals surface area contributed by atoms with Gasteiger partial charge in [-0.2, -0.15) is 0 Å². The van der Waals surface area contributed by atoms with E-state index < -0.39 is 89.8 Å². The molecule has 0 spiro atoms. The second-order valence-electron chi connectivity index (χ2n) is 16.1. The van der Waals surface area contributed by atoms with Crippen LogP contribution in [0.5, 0.6) is 0 Å². The first-order valence-electron chi connectivity index (χ1n) is 20.6. The Morgan fingerprint density at radius 1 is 0.441 bits per heavy atom. The molecular weight excluding hydrogens is 751 g/mol. The van der Waals surface area contributed by atoms with Gasteiger partial charge in [-0.15, -0.1) is 0 Å². The number of benzene rings is 3. The fraction of sp³-hybridized carbons (Fsp3) is 0.489. The summed E-state index contributed by atoms with van der Waals surface area (Å²) >= 11 is 0. The fourth-order valence-corrected chi connectivity index (χ4v) is 7.04. The largest absolute Gasteiger partial charge is 0.450 e. The number of amides is 3. The van der Waals surface area contributed by atoms with Crippen LogP contribution >= 0.6 is 0 Å².